The number of aromatic nitrogens is 2. The largest absolute Gasteiger partial charge is 0.352 e. The van der Waals surface area contributed by atoms with Crippen LogP contribution in [0.3, 0.4) is 0 Å². The first-order valence-electron chi connectivity index (χ1n) is 7.13. The Morgan fingerprint density at radius 2 is 2.10 bits per heavy atom. The van der Waals surface area contributed by atoms with Gasteiger partial charge in [0.15, 0.2) is 0 Å². The molecule has 1 aliphatic carbocycles. The van der Waals surface area contributed by atoms with Gasteiger partial charge in [0.2, 0.25) is 0 Å². The van der Waals surface area contributed by atoms with Gasteiger partial charge in [-0.3, -0.25) is 10.4 Å². The molecule has 0 atom stereocenters. The molecule has 2 N–H and O–H groups in total. The highest BCUT2D eigenvalue weighted by atomic mass is 14.7. The summed E-state index contributed by atoms with van der Waals surface area (Å²) < 4.78 is 0. The Hall–Kier alpha value is -2.64. The molecular weight excluding hydrogens is 258 g/mol. The maximum absolute atomic E-state index is 7.62. The van der Waals surface area contributed by atoms with Gasteiger partial charge >= 0.3 is 0 Å². The van der Waals surface area contributed by atoms with Gasteiger partial charge in [-0.25, -0.2) is 0 Å². The van der Waals surface area contributed by atoms with E-state index in [4.69, 9.17) is 5.41 Å². The SMILES string of the molecule is C=c1ccc(=c2[nH]c3cc(C4CC4)ccc3c2=C=N)nc1. The number of hydrogen-bond donors (Lipinski definition) is 2. The van der Waals surface area contributed by atoms with Crippen LogP contribution in [0.5, 0.6) is 0 Å². The Labute approximate surface area is 121 Å². The fraction of sp³-hybridized carbons (Fsp3) is 0.167. The molecule has 4 rings (SSSR count). The second-order valence-electron chi connectivity index (χ2n) is 5.63. The van der Waals surface area contributed by atoms with Crippen molar-refractivity contribution in [2.75, 3.05) is 0 Å². The molecule has 0 bridgehead atoms. The van der Waals surface area contributed by atoms with E-state index >= 15 is 0 Å². The second kappa shape index (κ2) is 4.44. The Balaban J connectivity index is 2.15. The van der Waals surface area contributed by atoms with Gasteiger partial charge in [-0.2, -0.15) is 0 Å². The van der Waals surface area contributed by atoms with Crippen LogP contribution in [-0.4, -0.2) is 15.8 Å². The zero-order valence-corrected chi connectivity index (χ0v) is 11.6. The van der Waals surface area contributed by atoms with Crippen molar-refractivity contribution in [1.29, 1.82) is 5.41 Å². The zero-order valence-electron chi connectivity index (χ0n) is 11.6. The van der Waals surface area contributed by atoms with Crippen molar-refractivity contribution in [2.45, 2.75) is 18.8 Å². The van der Waals surface area contributed by atoms with E-state index in [0.29, 0.717) is 0 Å². The van der Waals surface area contributed by atoms with Crippen molar-refractivity contribution < 1.29 is 0 Å². The Bertz CT molecular complexity index is 1040. The Morgan fingerprint density at radius 3 is 2.76 bits per heavy atom. The molecule has 0 amide bonds. The number of pyridine rings is 1. The standard InChI is InChI=1S/C18H15N3/c1-11-2-7-16(20-10-11)18-15(9-19)14-6-5-13(12-3-4-12)8-17(14)21-18/h2,5-8,10,12,19,21H,1,3-4H2. The van der Waals surface area contributed by atoms with E-state index in [-0.39, 0.29) is 0 Å². The average molecular weight is 273 g/mol. The summed E-state index contributed by atoms with van der Waals surface area (Å²) in [6.45, 7) is 3.85. The Morgan fingerprint density at radius 1 is 1.24 bits per heavy atom. The number of H-pyrrole nitrogens is 1. The summed E-state index contributed by atoms with van der Waals surface area (Å²) in [5, 5.41) is 12.0. The van der Waals surface area contributed by atoms with Crippen LogP contribution in [-0.2, 0) is 0 Å². The van der Waals surface area contributed by atoms with E-state index in [0.717, 1.165) is 38.0 Å². The van der Waals surface area contributed by atoms with Crippen LogP contribution in [0, 0.1) is 16.1 Å². The molecule has 0 aliphatic heterocycles. The topological polar surface area (TPSA) is 52.5 Å². The van der Waals surface area contributed by atoms with E-state index in [1.807, 2.05) is 12.1 Å². The van der Waals surface area contributed by atoms with Crippen molar-refractivity contribution in [3.8, 4) is 0 Å². The normalized spacial score (nSPS) is 16.0. The first-order chi connectivity index (χ1) is 10.3. The first kappa shape index (κ1) is 12.1. The predicted octanol–water partition coefficient (Wildman–Crippen LogP) is 2.06. The molecule has 3 nitrogen and oxygen atoms in total. The molecule has 1 saturated carbocycles. The van der Waals surface area contributed by atoms with Crippen molar-refractivity contribution in [3.05, 3.63) is 63.2 Å². The number of nitrogens with zero attached hydrogens (tertiary/aromatic N) is 1. The number of hydrogen-bond acceptors (Lipinski definition) is 2. The molecule has 21 heavy (non-hydrogen) atoms. The molecule has 0 radical (unpaired) electrons. The van der Waals surface area contributed by atoms with Crippen molar-refractivity contribution in [2.24, 2.45) is 0 Å². The Kier molecular flexibility index (Phi) is 2.56. The number of benzene rings is 1. The quantitative estimate of drug-likeness (QED) is 0.655. The minimum Gasteiger partial charge on any atom is -0.352 e. The van der Waals surface area contributed by atoms with E-state index in [1.54, 1.807) is 6.20 Å². The zero-order chi connectivity index (χ0) is 14.4. The number of fused-ring (bicyclic) bond motifs is 1. The number of rotatable bonds is 1. The highest BCUT2D eigenvalue weighted by Gasteiger charge is 2.23. The van der Waals surface area contributed by atoms with Gasteiger partial charge in [0.25, 0.3) is 0 Å². The predicted molar refractivity (Wildman–Crippen MR) is 83.8 cm³/mol. The maximum Gasteiger partial charge on any atom is 0.0878 e. The van der Waals surface area contributed by atoms with Crippen LogP contribution in [0.2, 0.25) is 0 Å². The lowest BCUT2D eigenvalue weighted by molar-refractivity contribution is 1.13. The lowest BCUT2D eigenvalue weighted by atomic mass is 10.1. The molecule has 1 aliphatic rings. The van der Waals surface area contributed by atoms with Gasteiger partial charge in [0.1, 0.15) is 0 Å². The van der Waals surface area contributed by atoms with Gasteiger partial charge in [-0.1, -0.05) is 24.8 Å². The minimum absolute atomic E-state index is 0.720. The molecule has 0 spiro atoms. The molecule has 2 aromatic heterocycles. The van der Waals surface area contributed by atoms with Crippen molar-refractivity contribution in [1.82, 2.24) is 9.97 Å². The third kappa shape index (κ3) is 1.99. The average Bonchev–Trinajstić information content (AvgIpc) is 3.28. The fourth-order valence-corrected chi connectivity index (χ4v) is 2.78. The smallest absolute Gasteiger partial charge is 0.0878 e. The van der Waals surface area contributed by atoms with Crippen molar-refractivity contribution in [3.63, 3.8) is 0 Å². The summed E-state index contributed by atoms with van der Waals surface area (Å²) in [7, 11) is 0. The van der Waals surface area contributed by atoms with Crippen LogP contribution in [0.4, 0.5) is 0 Å². The van der Waals surface area contributed by atoms with Crippen LogP contribution in [0.25, 0.3) is 17.5 Å². The fourth-order valence-electron chi connectivity index (χ4n) is 2.78. The molecule has 1 fully saturated rings. The van der Waals surface area contributed by atoms with Gasteiger partial charge < -0.3 is 4.98 Å². The summed E-state index contributed by atoms with van der Waals surface area (Å²) in [6.07, 6.45) is 4.31. The highest BCUT2D eigenvalue weighted by molar-refractivity contribution is 5.84. The summed E-state index contributed by atoms with van der Waals surface area (Å²) in [5.41, 5.74) is 2.44. The molecule has 0 unspecified atom stereocenters. The summed E-state index contributed by atoms with van der Waals surface area (Å²) in [6, 6.07) is 10.3. The molecule has 2 heterocycles. The van der Waals surface area contributed by atoms with E-state index < -0.39 is 0 Å². The van der Waals surface area contributed by atoms with Crippen LogP contribution < -0.4 is 10.4 Å². The van der Waals surface area contributed by atoms with E-state index in [9.17, 15) is 0 Å². The summed E-state index contributed by atoms with van der Waals surface area (Å²) in [5.74, 6) is 3.28. The van der Waals surface area contributed by atoms with E-state index in [1.165, 1.54) is 18.4 Å². The van der Waals surface area contributed by atoms with Gasteiger partial charge in [0.05, 0.1) is 15.9 Å². The van der Waals surface area contributed by atoms with Crippen molar-refractivity contribution >= 4 is 23.4 Å². The van der Waals surface area contributed by atoms with Gasteiger partial charge in [-0.05, 0) is 47.5 Å². The van der Waals surface area contributed by atoms with Crippen LogP contribution in [0.1, 0.15) is 24.3 Å². The molecule has 102 valence electrons. The number of nitrogens with one attached hydrogen (secondary N) is 2. The molecule has 3 aromatic rings. The number of aromatic amines is 1. The monoisotopic (exact) mass is 273 g/mol. The highest BCUT2D eigenvalue weighted by Crippen LogP contribution is 2.40. The third-order valence-corrected chi connectivity index (χ3v) is 4.08. The van der Waals surface area contributed by atoms with E-state index in [2.05, 4.69) is 40.6 Å². The third-order valence-electron chi connectivity index (χ3n) is 4.08. The van der Waals surface area contributed by atoms with Crippen LogP contribution >= 0.6 is 0 Å². The summed E-state index contributed by atoms with van der Waals surface area (Å²) in [4.78, 5) is 7.81. The molecular formula is C18H15N3. The van der Waals surface area contributed by atoms with Gasteiger partial charge in [-0.15, -0.1) is 0 Å². The van der Waals surface area contributed by atoms with Crippen LogP contribution in [0.15, 0.2) is 36.5 Å². The molecule has 3 heteroatoms. The minimum atomic E-state index is 0.720. The van der Waals surface area contributed by atoms with Gasteiger partial charge in [0, 0.05) is 17.1 Å². The maximum atomic E-state index is 7.62. The second-order valence-corrected chi connectivity index (χ2v) is 5.63. The molecule has 1 aromatic carbocycles. The first-order valence-corrected chi connectivity index (χ1v) is 7.13. The molecule has 0 saturated heterocycles. The lowest BCUT2D eigenvalue weighted by Gasteiger charge is -1.96. The lowest BCUT2D eigenvalue weighted by Crippen LogP contribution is -2.04. The summed E-state index contributed by atoms with van der Waals surface area (Å²) >= 11 is 0.